The molecule has 22 heavy (non-hydrogen) atoms. The van der Waals surface area contributed by atoms with Crippen LogP contribution in [-0.2, 0) is 4.74 Å². The Bertz CT molecular complexity index is 579. The van der Waals surface area contributed by atoms with E-state index in [1.54, 1.807) is 6.07 Å². The molecule has 2 aliphatic heterocycles. The number of methoxy groups -OCH3 is 1. The van der Waals surface area contributed by atoms with Crippen LogP contribution in [0.25, 0.3) is 0 Å². The Morgan fingerprint density at radius 2 is 2.23 bits per heavy atom. The number of carbonyl (C=O) groups excluding carboxylic acids is 1. The molecule has 2 aliphatic rings. The van der Waals surface area contributed by atoms with Crippen LogP contribution in [0.2, 0.25) is 5.02 Å². The van der Waals surface area contributed by atoms with Gasteiger partial charge in [0.2, 0.25) is 0 Å². The zero-order valence-corrected chi connectivity index (χ0v) is 13.4. The van der Waals surface area contributed by atoms with E-state index < -0.39 is 5.97 Å². The summed E-state index contributed by atoms with van der Waals surface area (Å²) in [6.45, 7) is 2.74. The summed E-state index contributed by atoms with van der Waals surface area (Å²) >= 11 is 5.99. The number of fused-ring (bicyclic) bond motifs is 1. The number of carbonyl (C=O) groups is 1. The SMILES string of the molecule is COc1cc(N)c(Cl)cc1C(=O)OC[C@@H]1CCN2CCC[C@@H]12. The lowest BCUT2D eigenvalue weighted by molar-refractivity contribution is 0.0415. The van der Waals surface area contributed by atoms with E-state index in [-0.39, 0.29) is 0 Å². The third-order valence-corrected chi connectivity index (χ3v) is 5.04. The predicted octanol–water partition coefficient (Wildman–Crippen LogP) is 2.57. The van der Waals surface area contributed by atoms with Crippen molar-refractivity contribution in [3.8, 4) is 5.75 Å². The number of nitrogens with two attached hydrogens (primary N) is 1. The first-order chi connectivity index (χ1) is 10.6. The Kier molecular flexibility index (Phi) is 4.45. The van der Waals surface area contributed by atoms with Gasteiger partial charge in [0.05, 0.1) is 24.4 Å². The van der Waals surface area contributed by atoms with Gasteiger partial charge in [-0.15, -0.1) is 0 Å². The molecule has 2 heterocycles. The first kappa shape index (κ1) is 15.4. The van der Waals surface area contributed by atoms with Crippen LogP contribution in [0.1, 0.15) is 29.6 Å². The Morgan fingerprint density at radius 3 is 3.00 bits per heavy atom. The van der Waals surface area contributed by atoms with Gasteiger partial charge in [-0.2, -0.15) is 0 Å². The number of ether oxygens (including phenoxy) is 2. The van der Waals surface area contributed by atoms with Crippen molar-refractivity contribution in [2.75, 3.05) is 32.5 Å². The normalized spacial score (nSPS) is 24.3. The van der Waals surface area contributed by atoms with Gasteiger partial charge in [-0.1, -0.05) is 11.6 Å². The summed E-state index contributed by atoms with van der Waals surface area (Å²) < 4.78 is 10.7. The molecule has 3 rings (SSSR count). The highest BCUT2D eigenvalue weighted by Gasteiger charge is 2.37. The molecule has 5 nitrogen and oxygen atoms in total. The molecule has 0 unspecified atom stereocenters. The van der Waals surface area contributed by atoms with E-state index in [4.69, 9.17) is 26.8 Å². The van der Waals surface area contributed by atoms with Crippen molar-refractivity contribution in [2.24, 2.45) is 5.92 Å². The smallest absolute Gasteiger partial charge is 0.341 e. The van der Waals surface area contributed by atoms with E-state index in [0.29, 0.717) is 40.6 Å². The molecule has 2 N–H and O–H groups in total. The second-order valence-corrected chi connectivity index (χ2v) is 6.37. The monoisotopic (exact) mass is 324 g/mol. The average Bonchev–Trinajstić information content (AvgIpc) is 3.10. The molecule has 0 spiro atoms. The molecule has 1 aromatic carbocycles. The molecule has 120 valence electrons. The number of halogens is 1. The number of hydrogen-bond donors (Lipinski definition) is 1. The minimum absolute atomic E-state index is 0.322. The van der Waals surface area contributed by atoms with Gasteiger partial charge in [-0.25, -0.2) is 4.79 Å². The lowest BCUT2D eigenvalue weighted by atomic mass is 9.99. The summed E-state index contributed by atoms with van der Waals surface area (Å²) in [6, 6.07) is 3.63. The van der Waals surface area contributed by atoms with Crippen LogP contribution >= 0.6 is 11.6 Å². The van der Waals surface area contributed by atoms with Gasteiger partial charge in [0.1, 0.15) is 11.3 Å². The predicted molar refractivity (Wildman–Crippen MR) is 85.4 cm³/mol. The van der Waals surface area contributed by atoms with Crippen molar-refractivity contribution >= 4 is 23.3 Å². The van der Waals surface area contributed by atoms with Crippen LogP contribution in [0, 0.1) is 5.92 Å². The minimum atomic E-state index is -0.407. The van der Waals surface area contributed by atoms with Crippen molar-refractivity contribution in [1.29, 1.82) is 0 Å². The molecule has 0 radical (unpaired) electrons. The number of benzene rings is 1. The van der Waals surface area contributed by atoms with Crippen LogP contribution < -0.4 is 10.5 Å². The van der Waals surface area contributed by atoms with Crippen molar-refractivity contribution in [1.82, 2.24) is 4.90 Å². The van der Waals surface area contributed by atoms with Crippen molar-refractivity contribution < 1.29 is 14.3 Å². The standard InChI is InChI=1S/C16H21ClN2O3/c1-21-15-8-13(18)12(17)7-11(15)16(20)22-9-10-4-6-19-5-2-3-14(10)19/h7-8,10,14H,2-6,9,18H2,1H3/t10-,14-/m0/s1. The summed E-state index contributed by atoms with van der Waals surface area (Å²) in [4.78, 5) is 14.8. The highest BCUT2D eigenvalue weighted by atomic mass is 35.5. The first-order valence-electron chi connectivity index (χ1n) is 7.64. The largest absolute Gasteiger partial charge is 0.496 e. The molecule has 0 aromatic heterocycles. The zero-order valence-electron chi connectivity index (χ0n) is 12.7. The van der Waals surface area contributed by atoms with Crippen molar-refractivity contribution in [3.05, 3.63) is 22.7 Å². The van der Waals surface area contributed by atoms with E-state index in [9.17, 15) is 4.79 Å². The molecule has 0 amide bonds. The molecule has 0 saturated carbocycles. The van der Waals surface area contributed by atoms with Crippen LogP contribution in [0.15, 0.2) is 12.1 Å². The fourth-order valence-electron chi connectivity index (χ4n) is 3.54. The Hall–Kier alpha value is -1.46. The molecule has 1 aromatic rings. The fraction of sp³-hybridized carbons (Fsp3) is 0.562. The first-order valence-corrected chi connectivity index (χ1v) is 8.02. The minimum Gasteiger partial charge on any atom is -0.496 e. The summed E-state index contributed by atoms with van der Waals surface area (Å²) in [7, 11) is 1.49. The molecular weight excluding hydrogens is 304 g/mol. The van der Waals surface area contributed by atoms with Gasteiger partial charge in [0.25, 0.3) is 0 Å². The second-order valence-electron chi connectivity index (χ2n) is 5.97. The van der Waals surface area contributed by atoms with Gasteiger partial charge < -0.3 is 15.2 Å². The number of anilines is 1. The van der Waals surface area contributed by atoms with Gasteiger partial charge in [-0.05, 0) is 38.4 Å². The third kappa shape index (κ3) is 2.88. The molecule has 2 fully saturated rings. The number of rotatable bonds is 4. The van der Waals surface area contributed by atoms with Gasteiger partial charge >= 0.3 is 5.97 Å². The number of nitrogens with zero attached hydrogens (tertiary/aromatic N) is 1. The second kappa shape index (κ2) is 6.34. The number of nitrogen functional groups attached to an aromatic ring is 1. The highest BCUT2D eigenvalue weighted by Crippen LogP contribution is 2.33. The summed E-state index contributed by atoms with van der Waals surface area (Å²) in [5.41, 5.74) is 6.43. The van der Waals surface area contributed by atoms with E-state index in [2.05, 4.69) is 4.90 Å². The lowest BCUT2D eigenvalue weighted by Gasteiger charge is -2.20. The molecule has 0 bridgehead atoms. The molecule has 2 atom stereocenters. The topological polar surface area (TPSA) is 64.8 Å². The van der Waals surface area contributed by atoms with Crippen molar-refractivity contribution in [3.63, 3.8) is 0 Å². The van der Waals surface area contributed by atoms with Gasteiger partial charge in [0.15, 0.2) is 0 Å². The fourth-order valence-corrected chi connectivity index (χ4v) is 3.70. The van der Waals surface area contributed by atoms with E-state index in [1.165, 1.54) is 32.6 Å². The van der Waals surface area contributed by atoms with Gasteiger partial charge in [0, 0.05) is 18.0 Å². The van der Waals surface area contributed by atoms with E-state index in [1.807, 2.05) is 0 Å². The molecule has 2 saturated heterocycles. The number of hydrogen-bond acceptors (Lipinski definition) is 5. The summed E-state index contributed by atoms with van der Waals surface area (Å²) in [5.74, 6) is 0.415. The Morgan fingerprint density at radius 1 is 1.41 bits per heavy atom. The maximum absolute atomic E-state index is 12.3. The summed E-state index contributed by atoms with van der Waals surface area (Å²) in [6.07, 6.45) is 3.55. The van der Waals surface area contributed by atoms with Crippen LogP contribution in [0.5, 0.6) is 5.75 Å². The maximum Gasteiger partial charge on any atom is 0.341 e. The quantitative estimate of drug-likeness (QED) is 0.681. The number of esters is 1. The average molecular weight is 325 g/mol. The van der Waals surface area contributed by atoms with E-state index >= 15 is 0 Å². The van der Waals surface area contributed by atoms with Crippen LogP contribution in [0.3, 0.4) is 0 Å². The van der Waals surface area contributed by atoms with Crippen LogP contribution in [-0.4, -0.2) is 43.7 Å². The molecular formula is C16H21ClN2O3. The molecule has 0 aliphatic carbocycles. The lowest BCUT2D eigenvalue weighted by Crippen LogP contribution is -2.28. The van der Waals surface area contributed by atoms with Crippen LogP contribution in [0.4, 0.5) is 5.69 Å². The van der Waals surface area contributed by atoms with Crippen molar-refractivity contribution in [2.45, 2.75) is 25.3 Å². The Labute approximate surface area is 135 Å². The highest BCUT2D eigenvalue weighted by molar-refractivity contribution is 6.33. The van der Waals surface area contributed by atoms with E-state index in [0.717, 1.165) is 13.0 Å². The zero-order chi connectivity index (χ0) is 15.7. The van der Waals surface area contributed by atoms with Gasteiger partial charge in [-0.3, -0.25) is 4.90 Å². The maximum atomic E-state index is 12.3. The third-order valence-electron chi connectivity index (χ3n) is 4.71. The summed E-state index contributed by atoms with van der Waals surface area (Å²) in [5, 5.41) is 0.329. The molecule has 6 heteroatoms. The Balaban J connectivity index is 1.66.